The molecule has 0 aromatic heterocycles. The summed E-state index contributed by atoms with van der Waals surface area (Å²) in [6.45, 7) is 13.0. The molecule has 8 heteroatoms. The maximum absolute atomic E-state index is 13.2. The van der Waals surface area contributed by atoms with Gasteiger partial charge in [0.2, 0.25) is 10.0 Å². The molecule has 2 aromatic carbocycles. The number of hydrogen-bond acceptors (Lipinski definition) is 6. The Morgan fingerprint density at radius 3 is 2.40 bits per heavy atom. The van der Waals surface area contributed by atoms with E-state index < -0.39 is 10.0 Å². The number of benzene rings is 3. The van der Waals surface area contributed by atoms with Crippen molar-refractivity contribution < 1.29 is 8.42 Å². The maximum atomic E-state index is 13.2. The van der Waals surface area contributed by atoms with Gasteiger partial charge in [-0.2, -0.15) is 0 Å². The average molecular weight is 511 g/mol. The molecular formula is C27H34N4O2S2. The van der Waals surface area contributed by atoms with Crippen LogP contribution >= 0.6 is 11.3 Å². The van der Waals surface area contributed by atoms with Gasteiger partial charge in [0.25, 0.3) is 0 Å². The van der Waals surface area contributed by atoms with Gasteiger partial charge in [-0.05, 0) is 64.4 Å². The van der Waals surface area contributed by atoms with Crippen LogP contribution in [0.25, 0.3) is 31.6 Å². The number of hydrogen-bond donors (Lipinski definition) is 0. The fourth-order valence-electron chi connectivity index (χ4n) is 4.68. The molecule has 0 fully saturated rings. The molecule has 2 aliphatic rings. The molecule has 1 aliphatic carbocycles. The molecular weight excluding hydrogens is 476 g/mol. The molecule has 2 aromatic rings. The van der Waals surface area contributed by atoms with Gasteiger partial charge in [0.05, 0.1) is 37.6 Å². The van der Waals surface area contributed by atoms with E-state index in [1.807, 2.05) is 39.0 Å². The lowest BCUT2D eigenvalue weighted by atomic mass is 10.0. The number of sulfonamides is 1. The normalized spacial score (nSPS) is 12.7. The Morgan fingerprint density at radius 1 is 0.971 bits per heavy atom. The summed E-state index contributed by atoms with van der Waals surface area (Å²) in [4.78, 5) is 13.2. The molecule has 1 heterocycles. The molecule has 0 atom stereocenters. The van der Waals surface area contributed by atoms with Crippen LogP contribution in [0.15, 0.2) is 47.5 Å². The van der Waals surface area contributed by atoms with Gasteiger partial charge in [-0.3, -0.25) is 9.30 Å². The van der Waals surface area contributed by atoms with Crippen LogP contribution in [-0.4, -0.2) is 45.3 Å². The highest BCUT2D eigenvalue weighted by Gasteiger charge is 2.25. The fourth-order valence-corrected chi connectivity index (χ4v) is 7.31. The number of anilines is 2. The summed E-state index contributed by atoms with van der Waals surface area (Å²) in [5.41, 5.74) is 3.59. The smallest absolute Gasteiger partial charge is 0.235 e. The van der Waals surface area contributed by atoms with Crippen LogP contribution in [0.2, 0.25) is 0 Å². The summed E-state index contributed by atoms with van der Waals surface area (Å²) in [6, 6.07) is 14.3. The standard InChI is InChI=1S/C27H34N4O2S2/c1-6-16-35(32,33)31(10-5)23-13-11-12-20-22(28-7-2)18-25-27(26(20)23)29-21-15-14-19(17-24(21)34-25)30(8-3)9-4/h11-15,17-18H,6-10,16H2,1-5H3. The van der Waals surface area contributed by atoms with Crippen LogP contribution in [0.1, 0.15) is 41.0 Å². The predicted octanol–water partition coefficient (Wildman–Crippen LogP) is 5.89. The summed E-state index contributed by atoms with van der Waals surface area (Å²) in [6.07, 6.45) is 0.570. The van der Waals surface area contributed by atoms with Crippen LogP contribution in [0, 0.1) is 0 Å². The van der Waals surface area contributed by atoms with Crippen molar-refractivity contribution in [3.63, 3.8) is 0 Å². The van der Waals surface area contributed by atoms with E-state index in [-0.39, 0.29) is 5.75 Å². The zero-order valence-corrected chi connectivity index (χ0v) is 22.8. The van der Waals surface area contributed by atoms with Crippen LogP contribution in [0.4, 0.5) is 11.4 Å². The molecule has 0 saturated carbocycles. The minimum Gasteiger partial charge on any atom is -0.372 e. The summed E-state index contributed by atoms with van der Waals surface area (Å²) in [5.74, 6) is 0.112. The van der Waals surface area contributed by atoms with Gasteiger partial charge >= 0.3 is 0 Å². The van der Waals surface area contributed by atoms with Crippen molar-refractivity contribution in [2.45, 2.75) is 41.0 Å². The van der Waals surface area contributed by atoms with Crippen LogP contribution in [-0.2, 0) is 10.0 Å². The molecule has 0 spiro atoms. The first-order valence-electron chi connectivity index (χ1n) is 12.4. The second-order valence-corrected chi connectivity index (χ2v) is 11.5. The Hall–Kier alpha value is -2.71. The third-order valence-electron chi connectivity index (χ3n) is 6.26. The van der Waals surface area contributed by atoms with Crippen molar-refractivity contribution in [1.29, 1.82) is 0 Å². The van der Waals surface area contributed by atoms with Crippen LogP contribution in [0.5, 0.6) is 0 Å². The van der Waals surface area contributed by atoms with E-state index >= 15 is 0 Å². The molecule has 35 heavy (non-hydrogen) atoms. The Morgan fingerprint density at radius 2 is 1.74 bits per heavy atom. The van der Waals surface area contributed by atoms with Crippen molar-refractivity contribution in [2.24, 2.45) is 4.99 Å². The predicted molar refractivity (Wildman–Crippen MR) is 151 cm³/mol. The zero-order valence-electron chi connectivity index (χ0n) is 21.2. The van der Waals surface area contributed by atoms with E-state index in [1.165, 1.54) is 9.99 Å². The van der Waals surface area contributed by atoms with Gasteiger partial charge < -0.3 is 4.90 Å². The first kappa shape index (κ1) is 25.4. The molecule has 0 bridgehead atoms. The number of nitrogens with zero attached hydrogens (tertiary/aromatic N) is 4. The highest BCUT2D eigenvalue weighted by molar-refractivity contribution is 7.92. The van der Waals surface area contributed by atoms with E-state index in [1.54, 1.807) is 11.3 Å². The average Bonchev–Trinajstić information content (AvgIpc) is 2.84. The number of fused-ring (bicyclic) bond motifs is 4. The Kier molecular flexibility index (Phi) is 7.62. The molecule has 186 valence electrons. The third-order valence-corrected chi connectivity index (χ3v) is 9.39. The summed E-state index contributed by atoms with van der Waals surface area (Å²) in [5, 5.41) is 2.66. The quantitative estimate of drug-likeness (QED) is 0.208. The molecule has 0 radical (unpaired) electrons. The van der Waals surface area contributed by atoms with Crippen LogP contribution in [0.3, 0.4) is 0 Å². The monoisotopic (exact) mass is 510 g/mol. The minimum absolute atomic E-state index is 0.112. The summed E-state index contributed by atoms with van der Waals surface area (Å²) < 4.78 is 29.0. The zero-order chi connectivity index (χ0) is 25.2. The van der Waals surface area contributed by atoms with Gasteiger partial charge in [-0.25, -0.2) is 13.4 Å². The van der Waals surface area contributed by atoms with Crippen molar-refractivity contribution in [3.8, 4) is 10.6 Å². The molecule has 0 N–H and O–H groups in total. The van der Waals surface area contributed by atoms with Crippen molar-refractivity contribution in [2.75, 3.05) is 41.1 Å². The second-order valence-electron chi connectivity index (χ2n) is 8.44. The molecule has 0 saturated heterocycles. The highest BCUT2D eigenvalue weighted by atomic mass is 32.2. The van der Waals surface area contributed by atoms with Crippen molar-refractivity contribution in [3.05, 3.63) is 47.8 Å². The lowest BCUT2D eigenvalue weighted by Gasteiger charge is -2.25. The van der Waals surface area contributed by atoms with E-state index in [0.717, 1.165) is 50.0 Å². The third kappa shape index (κ3) is 4.74. The van der Waals surface area contributed by atoms with Crippen molar-refractivity contribution in [1.82, 2.24) is 4.98 Å². The van der Waals surface area contributed by atoms with Gasteiger partial charge in [0.15, 0.2) is 0 Å². The topological polar surface area (TPSA) is 65.9 Å². The lowest BCUT2D eigenvalue weighted by Crippen LogP contribution is -2.33. The van der Waals surface area contributed by atoms with E-state index in [9.17, 15) is 8.42 Å². The molecule has 1 aliphatic heterocycles. The maximum Gasteiger partial charge on any atom is 0.235 e. The SMILES string of the molecule is CCCS(=O)(=O)N(CC)c1cccc2c(=NCC)cc3sc4cc(N(CC)CC)ccc4nc-3c12. The molecule has 0 amide bonds. The summed E-state index contributed by atoms with van der Waals surface area (Å²) in [7, 11) is -3.45. The second kappa shape index (κ2) is 10.5. The van der Waals surface area contributed by atoms with Crippen molar-refractivity contribution >= 4 is 53.7 Å². The highest BCUT2D eigenvalue weighted by Crippen LogP contribution is 2.40. The Bertz CT molecular complexity index is 1490. The van der Waals surface area contributed by atoms with Gasteiger partial charge in [0.1, 0.15) is 0 Å². The number of aromatic nitrogens is 1. The summed E-state index contributed by atoms with van der Waals surface area (Å²) >= 11 is 1.69. The van der Waals surface area contributed by atoms with E-state index in [4.69, 9.17) is 9.98 Å². The minimum atomic E-state index is -3.45. The fraction of sp³-hybridized carbons (Fsp3) is 0.407. The van der Waals surface area contributed by atoms with Gasteiger partial charge in [-0.1, -0.05) is 19.1 Å². The first-order chi connectivity index (χ1) is 16.9. The Balaban J connectivity index is 2.09. The van der Waals surface area contributed by atoms with E-state index in [2.05, 4.69) is 43.0 Å². The van der Waals surface area contributed by atoms with Crippen LogP contribution < -0.4 is 14.6 Å². The Labute approximate surface area is 212 Å². The van der Waals surface area contributed by atoms with Gasteiger partial charge in [0, 0.05) is 42.6 Å². The molecule has 4 rings (SSSR count). The lowest BCUT2D eigenvalue weighted by molar-refractivity contribution is 0.590. The first-order valence-corrected chi connectivity index (χ1v) is 14.9. The van der Waals surface area contributed by atoms with Gasteiger partial charge in [-0.15, -0.1) is 11.3 Å². The largest absolute Gasteiger partial charge is 0.372 e. The number of rotatable bonds is 9. The molecule has 6 nitrogen and oxygen atoms in total. The van der Waals surface area contributed by atoms with E-state index in [0.29, 0.717) is 25.2 Å². The molecule has 0 unspecified atom stereocenters.